The van der Waals surface area contributed by atoms with Crippen molar-refractivity contribution in [2.75, 3.05) is 0 Å². The number of benzene rings is 1. The summed E-state index contributed by atoms with van der Waals surface area (Å²) in [6.07, 6.45) is 0. The van der Waals surface area contributed by atoms with E-state index in [9.17, 15) is 4.39 Å². The van der Waals surface area contributed by atoms with Crippen LogP contribution in [0.1, 0.15) is 11.1 Å². The Kier molecular flexibility index (Phi) is 5.18. The van der Waals surface area contributed by atoms with Crippen molar-refractivity contribution >= 4 is 76.6 Å². The van der Waals surface area contributed by atoms with Gasteiger partial charge in [0.2, 0.25) is 0 Å². The third-order valence-corrected chi connectivity index (χ3v) is 26.0. The minimum absolute atomic E-state index is 0.217. The third-order valence-electron chi connectivity index (χ3n) is 4.73. The average molecular weight is 611 g/mol. The Bertz CT molecular complexity index is 987. The van der Waals surface area contributed by atoms with E-state index >= 15 is 0 Å². The van der Waals surface area contributed by atoms with Gasteiger partial charge in [0, 0.05) is 0 Å². The van der Waals surface area contributed by atoms with E-state index in [1.807, 2.05) is 22.7 Å². The van der Waals surface area contributed by atoms with Gasteiger partial charge in [-0.25, -0.2) is 0 Å². The van der Waals surface area contributed by atoms with Crippen LogP contribution in [0.15, 0.2) is 41.4 Å². The maximum absolute atomic E-state index is 13.3. The van der Waals surface area contributed by atoms with Crippen LogP contribution in [0.4, 0.5) is 10.1 Å². The normalized spacial score (nSPS) is 13.7. The molecular formula is C21H24FNS2Sn2. The zero-order valence-electron chi connectivity index (χ0n) is 16.6. The molecule has 1 aliphatic rings. The number of hydrogen-bond acceptors (Lipinski definition) is 3. The molecule has 2 heterocycles. The second kappa shape index (κ2) is 6.95. The van der Waals surface area contributed by atoms with Crippen molar-refractivity contribution in [3.05, 3.63) is 53.3 Å². The first-order valence-electron chi connectivity index (χ1n) is 9.18. The second-order valence-corrected chi connectivity index (χ2v) is 42.1. The van der Waals surface area contributed by atoms with Crippen molar-refractivity contribution in [2.45, 2.75) is 29.6 Å². The number of aliphatic imine (C=N–C) groups is 1. The molecule has 0 N–H and O–H groups in total. The van der Waals surface area contributed by atoms with Crippen LogP contribution in [0, 0.1) is 5.82 Å². The fraction of sp³-hybridized carbons (Fsp3) is 0.286. The predicted octanol–water partition coefficient (Wildman–Crippen LogP) is 6.19. The molecule has 140 valence electrons. The van der Waals surface area contributed by atoms with Crippen LogP contribution in [-0.4, -0.2) is 42.5 Å². The molecule has 0 radical (unpaired) electrons. The molecule has 2 aromatic heterocycles. The summed E-state index contributed by atoms with van der Waals surface area (Å²) in [7, 11) is 0. The molecule has 0 atom stereocenters. The number of hydrogen-bond donors (Lipinski definition) is 0. The first-order valence-corrected chi connectivity index (χ1v) is 30.8. The Balaban J connectivity index is 1.93. The molecule has 0 unspecified atom stereocenters. The predicted molar refractivity (Wildman–Crippen MR) is 125 cm³/mol. The van der Waals surface area contributed by atoms with Crippen LogP contribution in [0.2, 0.25) is 29.6 Å². The van der Waals surface area contributed by atoms with Crippen molar-refractivity contribution in [1.29, 1.82) is 0 Å². The molecule has 0 aliphatic heterocycles. The van der Waals surface area contributed by atoms with E-state index in [2.05, 4.69) is 41.8 Å². The van der Waals surface area contributed by atoms with Gasteiger partial charge in [-0.3, -0.25) is 0 Å². The molecule has 0 spiro atoms. The van der Waals surface area contributed by atoms with E-state index in [1.165, 1.54) is 33.0 Å². The van der Waals surface area contributed by atoms with Gasteiger partial charge in [0.05, 0.1) is 0 Å². The quantitative estimate of drug-likeness (QED) is 0.246. The van der Waals surface area contributed by atoms with Crippen LogP contribution in [0.25, 0.3) is 9.75 Å². The molecule has 1 nitrogen and oxygen atoms in total. The average Bonchev–Trinajstić information content (AvgIpc) is 3.21. The molecule has 0 saturated carbocycles. The molecule has 0 amide bonds. The molecule has 1 aliphatic carbocycles. The van der Waals surface area contributed by atoms with Gasteiger partial charge in [0.15, 0.2) is 0 Å². The van der Waals surface area contributed by atoms with Crippen molar-refractivity contribution < 1.29 is 4.39 Å². The standard InChI is InChI=1S/C15H6FNS2.6CH3.2Sn/c16-9-1-3-10(4-2-9)17-13-11-5-7-18-14(11)15-12(13)6-8-19-15;;;;;;;;/h1-6H;6*1H3;;. The van der Waals surface area contributed by atoms with Crippen molar-refractivity contribution in [3.63, 3.8) is 0 Å². The number of thiophene rings is 2. The number of halogens is 1. The Morgan fingerprint density at radius 1 is 0.741 bits per heavy atom. The number of fused-ring (bicyclic) bond motifs is 3. The Hall–Kier alpha value is -0.183. The Morgan fingerprint density at radius 2 is 1.19 bits per heavy atom. The number of nitrogens with zero attached hydrogens (tertiary/aromatic N) is 1. The second-order valence-electron chi connectivity index (χ2n) is 9.14. The molecule has 1 aromatic carbocycles. The summed E-state index contributed by atoms with van der Waals surface area (Å²) in [5.74, 6) is -0.217. The Morgan fingerprint density at radius 3 is 1.59 bits per heavy atom. The fourth-order valence-electron chi connectivity index (χ4n) is 3.12. The SMILES string of the molecule is [CH3][Sn]([CH3])([CH3])[c]1cc2c(s1)-c1s[c]([Sn]([CH3])([CH3])[CH3])cc1C2=Nc1ccc(F)cc1. The molecule has 27 heavy (non-hydrogen) atoms. The van der Waals surface area contributed by atoms with Gasteiger partial charge >= 0.3 is 179 Å². The van der Waals surface area contributed by atoms with Crippen LogP contribution in [-0.2, 0) is 0 Å². The van der Waals surface area contributed by atoms with E-state index < -0.39 is 36.8 Å². The molecule has 3 aromatic rings. The zero-order valence-corrected chi connectivity index (χ0v) is 23.9. The van der Waals surface area contributed by atoms with E-state index in [1.54, 1.807) is 17.9 Å². The monoisotopic (exact) mass is 613 g/mol. The van der Waals surface area contributed by atoms with E-state index in [0.29, 0.717) is 0 Å². The van der Waals surface area contributed by atoms with Gasteiger partial charge in [-0.2, -0.15) is 0 Å². The molecular weight excluding hydrogens is 587 g/mol. The number of rotatable bonds is 3. The summed E-state index contributed by atoms with van der Waals surface area (Å²) in [4.78, 5) is 22.6. The Labute approximate surface area is 177 Å². The summed E-state index contributed by atoms with van der Waals surface area (Å²) in [5.41, 5.74) is 4.50. The van der Waals surface area contributed by atoms with E-state index in [0.717, 1.165) is 11.4 Å². The summed E-state index contributed by atoms with van der Waals surface area (Å²) in [6, 6.07) is 11.3. The minimum atomic E-state index is -2.14. The van der Waals surface area contributed by atoms with Crippen molar-refractivity contribution in [3.8, 4) is 9.75 Å². The van der Waals surface area contributed by atoms with Gasteiger partial charge in [0.1, 0.15) is 0 Å². The molecule has 0 saturated heterocycles. The molecule has 6 heteroatoms. The van der Waals surface area contributed by atoms with Crippen molar-refractivity contribution in [2.24, 2.45) is 4.99 Å². The third kappa shape index (κ3) is 3.83. The van der Waals surface area contributed by atoms with Crippen LogP contribution >= 0.6 is 22.7 Å². The topological polar surface area (TPSA) is 12.4 Å². The van der Waals surface area contributed by atoms with Gasteiger partial charge in [-0.1, -0.05) is 0 Å². The van der Waals surface area contributed by atoms with Crippen LogP contribution < -0.4 is 5.79 Å². The van der Waals surface area contributed by atoms with E-state index in [-0.39, 0.29) is 5.82 Å². The van der Waals surface area contributed by atoms with Gasteiger partial charge in [0.25, 0.3) is 0 Å². The van der Waals surface area contributed by atoms with Gasteiger partial charge in [-0.05, 0) is 0 Å². The summed E-state index contributed by atoms with van der Waals surface area (Å²) in [6.45, 7) is 0. The van der Waals surface area contributed by atoms with Crippen LogP contribution in [0.3, 0.4) is 0 Å². The van der Waals surface area contributed by atoms with E-state index in [4.69, 9.17) is 4.99 Å². The first kappa shape index (κ1) is 20.1. The summed E-state index contributed by atoms with van der Waals surface area (Å²) >= 11 is -0.288. The summed E-state index contributed by atoms with van der Waals surface area (Å²) in [5, 5.41) is 0. The fourth-order valence-corrected chi connectivity index (χ4v) is 16.0. The maximum atomic E-state index is 13.3. The zero-order chi connectivity index (χ0) is 19.6. The van der Waals surface area contributed by atoms with Crippen molar-refractivity contribution in [1.82, 2.24) is 0 Å². The molecule has 4 rings (SSSR count). The van der Waals surface area contributed by atoms with Crippen LogP contribution in [0.5, 0.6) is 0 Å². The summed E-state index contributed by atoms with van der Waals surface area (Å²) < 4.78 is 16.5. The molecule has 0 fully saturated rings. The first-order chi connectivity index (χ1) is 12.5. The molecule has 0 bridgehead atoms. The van der Waals surface area contributed by atoms with Gasteiger partial charge < -0.3 is 0 Å². The van der Waals surface area contributed by atoms with Gasteiger partial charge in [-0.15, -0.1) is 0 Å².